The van der Waals surface area contributed by atoms with Gasteiger partial charge >= 0.3 is 12.2 Å². The molecule has 0 aliphatic rings. The first kappa shape index (κ1) is 13.2. The molecule has 0 aliphatic carbocycles. The molecule has 0 saturated carbocycles. The maximum Gasteiger partial charge on any atom is 0.416 e. The molecular formula is C8H6Cl3F3Si. The third-order valence-electron chi connectivity index (χ3n) is 1.71. The lowest BCUT2D eigenvalue weighted by Gasteiger charge is -2.14. The van der Waals surface area contributed by atoms with Gasteiger partial charge in [-0.1, -0.05) is 18.2 Å². The van der Waals surface area contributed by atoms with Gasteiger partial charge in [0.15, 0.2) is 0 Å². The van der Waals surface area contributed by atoms with Crippen molar-refractivity contribution < 1.29 is 13.2 Å². The first-order valence-corrected chi connectivity index (χ1v) is 9.16. The number of hydrogen-bond donors (Lipinski definition) is 0. The number of hydrogen-bond acceptors (Lipinski definition) is 0. The van der Waals surface area contributed by atoms with Crippen LogP contribution in [0.15, 0.2) is 24.3 Å². The lowest BCUT2D eigenvalue weighted by molar-refractivity contribution is -0.138. The second kappa shape index (κ2) is 4.53. The topological polar surface area (TPSA) is 0 Å². The Morgan fingerprint density at radius 1 is 1.07 bits per heavy atom. The van der Waals surface area contributed by atoms with Gasteiger partial charge in [-0.15, -0.1) is 33.2 Å². The Hall–Kier alpha value is 0.0969. The minimum absolute atomic E-state index is 0.0386. The molecule has 15 heavy (non-hydrogen) atoms. The highest BCUT2D eigenvalue weighted by atomic mass is 35.8. The first-order valence-electron chi connectivity index (χ1n) is 3.92. The fourth-order valence-electron chi connectivity index (χ4n) is 1.17. The van der Waals surface area contributed by atoms with Crippen LogP contribution >= 0.6 is 33.2 Å². The van der Waals surface area contributed by atoms with Crippen molar-refractivity contribution in [2.45, 2.75) is 12.2 Å². The van der Waals surface area contributed by atoms with Crippen LogP contribution in [0.2, 0.25) is 0 Å². The van der Waals surface area contributed by atoms with Crippen molar-refractivity contribution in [1.29, 1.82) is 0 Å². The Morgan fingerprint density at radius 3 is 2.07 bits per heavy atom. The molecule has 0 saturated heterocycles. The van der Waals surface area contributed by atoms with Crippen molar-refractivity contribution in [3.63, 3.8) is 0 Å². The van der Waals surface area contributed by atoms with E-state index in [1.165, 1.54) is 18.2 Å². The van der Waals surface area contributed by atoms with Crippen LogP contribution in [0, 0.1) is 0 Å². The summed E-state index contributed by atoms with van der Waals surface area (Å²) in [5.74, 6) is 0. The summed E-state index contributed by atoms with van der Waals surface area (Å²) in [6.45, 7) is 0. The highest BCUT2D eigenvalue weighted by molar-refractivity contribution is 7.64. The summed E-state index contributed by atoms with van der Waals surface area (Å²) >= 11 is 16.8. The van der Waals surface area contributed by atoms with Crippen molar-refractivity contribution in [2.24, 2.45) is 0 Å². The minimum Gasteiger partial charge on any atom is -0.166 e. The number of alkyl halides is 3. The van der Waals surface area contributed by atoms with E-state index in [1.54, 1.807) is 0 Å². The summed E-state index contributed by atoms with van der Waals surface area (Å²) in [4.78, 5) is 0. The summed E-state index contributed by atoms with van der Waals surface area (Å²) in [5.41, 5.74) is -0.694. The third kappa shape index (κ3) is 4.22. The maximum atomic E-state index is 12.5. The molecule has 1 aromatic rings. The molecule has 84 valence electrons. The van der Waals surface area contributed by atoms with Crippen LogP contribution in [0.4, 0.5) is 13.2 Å². The lowest BCUT2D eigenvalue weighted by atomic mass is 10.1. The van der Waals surface area contributed by atoms with Crippen molar-refractivity contribution in [2.75, 3.05) is 0 Å². The second-order valence-electron chi connectivity index (χ2n) is 2.95. The molecule has 1 aromatic carbocycles. The molecule has 0 N–H and O–H groups in total. The summed E-state index contributed by atoms with van der Waals surface area (Å²) in [7, 11) is 0. The molecule has 0 atom stereocenters. The van der Waals surface area contributed by atoms with Gasteiger partial charge in [0.05, 0.1) is 5.56 Å². The van der Waals surface area contributed by atoms with E-state index in [0.717, 1.165) is 6.07 Å². The van der Waals surface area contributed by atoms with Crippen LogP contribution in [0.25, 0.3) is 0 Å². The van der Waals surface area contributed by atoms with Crippen molar-refractivity contribution in [3.05, 3.63) is 35.4 Å². The van der Waals surface area contributed by atoms with E-state index < -0.39 is 17.7 Å². The standard InChI is InChI=1S/C8H6Cl3F3Si/c9-15(10,11)5-6-3-1-2-4-7(6)8(12,13)14/h1-4H,5H2. The average Bonchev–Trinajstić information content (AvgIpc) is 1.99. The Bertz CT molecular complexity index is 346. The van der Waals surface area contributed by atoms with E-state index in [0.29, 0.717) is 0 Å². The zero-order valence-corrected chi connectivity index (χ0v) is 10.6. The molecule has 0 aliphatic heterocycles. The van der Waals surface area contributed by atoms with Crippen molar-refractivity contribution in [1.82, 2.24) is 0 Å². The summed E-state index contributed by atoms with van der Waals surface area (Å²) in [6.07, 6.45) is -4.40. The monoisotopic (exact) mass is 292 g/mol. The predicted molar refractivity (Wildman–Crippen MR) is 58.5 cm³/mol. The van der Waals surface area contributed by atoms with Crippen LogP contribution in [0.1, 0.15) is 11.1 Å². The number of benzene rings is 1. The normalized spacial score (nSPS) is 12.9. The molecule has 1 rings (SSSR count). The van der Waals surface area contributed by atoms with Crippen LogP contribution in [0.5, 0.6) is 0 Å². The molecule has 0 unspecified atom stereocenters. The average molecular weight is 294 g/mol. The number of rotatable bonds is 2. The fraction of sp³-hybridized carbons (Fsp3) is 0.250. The SMILES string of the molecule is FC(F)(F)c1ccccc1C[Si](Cl)(Cl)Cl. The smallest absolute Gasteiger partial charge is 0.166 e. The van der Waals surface area contributed by atoms with Crippen LogP contribution in [0.3, 0.4) is 0 Å². The second-order valence-corrected chi connectivity index (χ2v) is 12.1. The van der Waals surface area contributed by atoms with Gasteiger partial charge in [-0.2, -0.15) is 13.2 Å². The van der Waals surface area contributed by atoms with Crippen LogP contribution in [-0.2, 0) is 12.2 Å². The van der Waals surface area contributed by atoms with Crippen LogP contribution in [-0.4, -0.2) is 6.00 Å². The fourth-order valence-corrected chi connectivity index (χ4v) is 3.20. The zero-order valence-electron chi connectivity index (χ0n) is 7.28. The quantitative estimate of drug-likeness (QED) is 0.558. The molecular weight excluding hydrogens is 288 g/mol. The number of halogens is 6. The summed E-state index contributed by atoms with van der Waals surface area (Å²) in [6, 6.07) is 1.90. The molecule has 0 aromatic heterocycles. The molecule has 0 fully saturated rings. The van der Waals surface area contributed by atoms with E-state index in [1.807, 2.05) is 0 Å². The van der Waals surface area contributed by atoms with Crippen LogP contribution < -0.4 is 0 Å². The van der Waals surface area contributed by atoms with E-state index in [2.05, 4.69) is 0 Å². The third-order valence-corrected chi connectivity index (χ3v) is 3.70. The highest BCUT2D eigenvalue weighted by Crippen LogP contribution is 2.35. The minimum atomic E-state index is -4.40. The summed E-state index contributed by atoms with van der Waals surface area (Å²) < 4.78 is 37.5. The van der Waals surface area contributed by atoms with Gasteiger partial charge in [0.25, 0.3) is 0 Å². The van der Waals surface area contributed by atoms with Crippen molar-refractivity contribution >= 4 is 39.2 Å². The van der Waals surface area contributed by atoms with Gasteiger partial charge in [0.1, 0.15) is 0 Å². The Kier molecular flexibility index (Phi) is 3.98. The Morgan fingerprint density at radius 2 is 1.60 bits per heavy atom. The van der Waals surface area contributed by atoms with Gasteiger partial charge in [0, 0.05) is 6.04 Å². The molecule has 0 amide bonds. The lowest BCUT2D eigenvalue weighted by Crippen LogP contribution is -2.18. The van der Waals surface area contributed by atoms with Crippen molar-refractivity contribution in [3.8, 4) is 0 Å². The van der Waals surface area contributed by atoms with Gasteiger partial charge in [0.2, 0.25) is 0 Å². The van der Waals surface area contributed by atoms with Gasteiger partial charge in [-0.05, 0) is 11.6 Å². The zero-order chi connectivity index (χ0) is 11.7. The molecule has 7 heteroatoms. The summed E-state index contributed by atoms with van der Waals surface area (Å²) in [5, 5.41) is 0. The maximum absolute atomic E-state index is 12.5. The van der Waals surface area contributed by atoms with Gasteiger partial charge < -0.3 is 0 Å². The van der Waals surface area contributed by atoms with E-state index in [9.17, 15) is 13.2 Å². The Labute approximate surface area is 100 Å². The molecule has 0 spiro atoms. The molecule has 0 bridgehead atoms. The highest BCUT2D eigenvalue weighted by Gasteiger charge is 2.36. The predicted octanol–water partition coefficient (Wildman–Crippen LogP) is 4.44. The molecule has 0 heterocycles. The first-order chi connectivity index (χ1) is 6.70. The molecule has 0 nitrogen and oxygen atoms in total. The van der Waals surface area contributed by atoms with E-state index >= 15 is 0 Å². The largest absolute Gasteiger partial charge is 0.416 e. The Balaban J connectivity index is 3.08. The molecule has 0 radical (unpaired) electrons. The van der Waals surface area contributed by atoms with E-state index in [4.69, 9.17) is 33.2 Å². The van der Waals surface area contributed by atoms with E-state index in [-0.39, 0.29) is 11.6 Å². The van der Waals surface area contributed by atoms with Gasteiger partial charge in [-0.3, -0.25) is 0 Å². The van der Waals surface area contributed by atoms with Gasteiger partial charge in [-0.25, -0.2) is 0 Å².